The Morgan fingerprint density at radius 1 is 1.23 bits per heavy atom. The Morgan fingerprint density at radius 2 is 1.95 bits per heavy atom. The third-order valence-corrected chi connectivity index (χ3v) is 4.16. The average molecular weight is 303 g/mol. The maximum absolute atomic E-state index is 11.5. The summed E-state index contributed by atoms with van der Waals surface area (Å²) in [5, 5.41) is 5.70. The molecule has 2 amide bonds. The summed E-state index contributed by atoms with van der Waals surface area (Å²) in [7, 11) is 0. The quantitative estimate of drug-likeness (QED) is 0.848. The van der Waals surface area contributed by atoms with Gasteiger partial charge in [0.05, 0.1) is 0 Å². The smallest absolute Gasteiger partial charge is 0.315 e. The van der Waals surface area contributed by atoms with Crippen molar-refractivity contribution in [2.24, 2.45) is 5.92 Å². The van der Waals surface area contributed by atoms with Gasteiger partial charge in [0.1, 0.15) is 0 Å². The van der Waals surface area contributed by atoms with E-state index in [2.05, 4.69) is 46.7 Å². The van der Waals surface area contributed by atoms with Crippen LogP contribution in [0.1, 0.15) is 44.2 Å². The van der Waals surface area contributed by atoms with Gasteiger partial charge in [-0.1, -0.05) is 38.1 Å². The van der Waals surface area contributed by atoms with Crippen LogP contribution in [0.15, 0.2) is 24.3 Å². The third-order valence-electron chi connectivity index (χ3n) is 4.16. The molecule has 0 radical (unpaired) electrons. The molecule has 1 aliphatic heterocycles. The summed E-state index contributed by atoms with van der Waals surface area (Å²) in [5.41, 5.74) is 2.50. The number of rotatable bonds is 6. The second kappa shape index (κ2) is 8.79. The molecule has 1 aromatic carbocycles. The fourth-order valence-electron chi connectivity index (χ4n) is 2.93. The van der Waals surface area contributed by atoms with E-state index >= 15 is 0 Å². The van der Waals surface area contributed by atoms with Crippen molar-refractivity contribution < 1.29 is 4.79 Å². The lowest BCUT2D eigenvalue weighted by atomic mass is 9.99. The molecule has 122 valence electrons. The first kappa shape index (κ1) is 16.8. The van der Waals surface area contributed by atoms with Crippen molar-refractivity contribution in [1.82, 2.24) is 15.5 Å². The van der Waals surface area contributed by atoms with Crippen molar-refractivity contribution in [1.29, 1.82) is 0 Å². The molecule has 1 aliphatic rings. The fraction of sp³-hybridized carbons (Fsp3) is 0.611. The highest BCUT2D eigenvalue weighted by Gasteiger charge is 2.15. The molecular weight excluding hydrogens is 274 g/mol. The van der Waals surface area contributed by atoms with Gasteiger partial charge in [0.2, 0.25) is 0 Å². The zero-order chi connectivity index (χ0) is 15.8. The molecule has 1 unspecified atom stereocenters. The lowest BCUT2D eigenvalue weighted by Gasteiger charge is -2.30. The van der Waals surface area contributed by atoms with Crippen LogP contribution < -0.4 is 10.6 Å². The number of piperidine rings is 1. The maximum Gasteiger partial charge on any atom is 0.315 e. The maximum atomic E-state index is 11.5. The van der Waals surface area contributed by atoms with E-state index in [-0.39, 0.29) is 6.03 Å². The van der Waals surface area contributed by atoms with E-state index in [4.69, 9.17) is 0 Å². The Kier molecular flexibility index (Phi) is 6.72. The molecule has 1 aromatic rings. The number of hydrogen-bond acceptors (Lipinski definition) is 2. The first-order valence-electron chi connectivity index (χ1n) is 8.49. The number of amides is 2. The SMILES string of the molecule is CCCNC(=O)NCc1ccc(CN2CCCC(C)C2)cc1. The summed E-state index contributed by atoms with van der Waals surface area (Å²) in [5.74, 6) is 0.818. The number of nitrogens with one attached hydrogen (secondary N) is 2. The Balaban J connectivity index is 1.76. The number of benzene rings is 1. The molecule has 0 aliphatic carbocycles. The summed E-state index contributed by atoms with van der Waals surface area (Å²) >= 11 is 0. The van der Waals surface area contributed by atoms with Gasteiger partial charge in [0, 0.05) is 26.2 Å². The van der Waals surface area contributed by atoms with Crippen molar-refractivity contribution in [3.8, 4) is 0 Å². The molecule has 1 fully saturated rings. The molecule has 1 atom stereocenters. The molecule has 4 heteroatoms. The van der Waals surface area contributed by atoms with Crippen LogP contribution in [0.2, 0.25) is 0 Å². The summed E-state index contributed by atoms with van der Waals surface area (Å²) in [6, 6.07) is 8.50. The van der Waals surface area contributed by atoms with E-state index in [9.17, 15) is 4.79 Å². The van der Waals surface area contributed by atoms with Gasteiger partial charge in [0.15, 0.2) is 0 Å². The van der Waals surface area contributed by atoms with E-state index < -0.39 is 0 Å². The molecule has 2 rings (SSSR count). The summed E-state index contributed by atoms with van der Waals surface area (Å²) in [6.07, 6.45) is 3.63. The topological polar surface area (TPSA) is 44.4 Å². The molecule has 0 spiro atoms. The lowest BCUT2D eigenvalue weighted by molar-refractivity contribution is 0.176. The van der Waals surface area contributed by atoms with Crippen LogP contribution >= 0.6 is 0 Å². The normalized spacial score (nSPS) is 18.9. The minimum Gasteiger partial charge on any atom is -0.338 e. The van der Waals surface area contributed by atoms with Crippen molar-refractivity contribution >= 4 is 6.03 Å². The van der Waals surface area contributed by atoms with Crippen LogP contribution in [0, 0.1) is 5.92 Å². The van der Waals surface area contributed by atoms with E-state index in [0.717, 1.165) is 31.0 Å². The van der Waals surface area contributed by atoms with E-state index in [1.54, 1.807) is 0 Å². The molecule has 1 saturated heterocycles. The first-order chi connectivity index (χ1) is 10.7. The molecule has 0 aromatic heterocycles. The van der Waals surface area contributed by atoms with Gasteiger partial charge in [-0.05, 0) is 42.9 Å². The van der Waals surface area contributed by atoms with Gasteiger partial charge < -0.3 is 10.6 Å². The molecule has 0 saturated carbocycles. The zero-order valence-corrected chi connectivity index (χ0v) is 13.9. The number of nitrogens with zero attached hydrogens (tertiary/aromatic N) is 1. The minimum absolute atomic E-state index is 0.0896. The first-order valence-corrected chi connectivity index (χ1v) is 8.49. The van der Waals surface area contributed by atoms with Crippen molar-refractivity contribution in [3.05, 3.63) is 35.4 Å². The highest BCUT2D eigenvalue weighted by Crippen LogP contribution is 2.18. The zero-order valence-electron chi connectivity index (χ0n) is 13.9. The van der Waals surface area contributed by atoms with Crippen LogP contribution in [-0.2, 0) is 13.1 Å². The van der Waals surface area contributed by atoms with Gasteiger partial charge in [-0.25, -0.2) is 4.79 Å². The molecule has 4 nitrogen and oxygen atoms in total. The van der Waals surface area contributed by atoms with Gasteiger partial charge in [0.25, 0.3) is 0 Å². The van der Waals surface area contributed by atoms with E-state index in [1.807, 2.05) is 6.92 Å². The lowest BCUT2D eigenvalue weighted by Crippen LogP contribution is -2.35. The Morgan fingerprint density at radius 3 is 2.64 bits per heavy atom. The number of urea groups is 1. The summed E-state index contributed by atoms with van der Waals surface area (Å²) in [4.78, 5) is 14.0. The molecule has 1 heterocycles. The highest BCUT2D eigenvalue weighted by molar-refractivity contribution is 5.73. The molecular formula is C18H29N3O. The van der Waals surface area contributed by atoms with Crippen LogP contribution in [0.3, 0.4) is 0 Å². The minimum atomic E-state index is -0.0896. The van der Waals surface area contributed by atoms with Gasteiger partial charge in [-0.2, -0.15) is 0 Å². The molecule has 0 bridgehead atoms. The highest BCUT2D eigenvalue weighted by atomic mass is 16.2. The summed E-state index contributed by atoms with van der Waals surface area (Å²) in [6.45, 7) is 9.14. The van der Waals surface area contributed by atoms with E-state index in [1.165, 1.54) is 31.5 Å². The van der Waals surface area contributed by atoms with Gasteiger partial charge >= 0.3 is 6.03 Å². The predicted octanol–water partition coefficient (Wildman–Crippen LogP) is 3.13. The van der Waals surface area contributed by atoms with E-state index in [0.29, 0.717) is 6.54 Å². The van der Waals surface area contributed by atoms with Crippen molar-refractivity contribution in [3.63, 3.8) is 0 Å². The van der Waals surface area contributed by atoms with Crippen molar-refractivity contribution in [2.75, 3.05) is 19.6 Å². The molecule has 2 N–H and O–H groups in total. The van der Waals surface area contributed by atoms with Crippen LogP contribution in [0.4, 0.5) is 4.79 Å². The van der Waals surface area contributed by atoms with Crippen LogP contribution in [0.5, 0.6) is 0 Å². The second-order valence-electron chi connectivity index (χ2n) is 6.41. The number of likely N-dealkylation sites (tertiary alicyclic amines) is 1. The Labute approximate surface area is 134 Å². The monoisotopic (exact) mass is 303 g/mol. The van der Waals surface area contributed by atoms with Gasteiger partial charge in [-0.15, -0.1) is 0 Å². The largest absolute Gasteiger partial charge is 0.338 e. The van der Waals surface area contributed by atoms with Crippen LogP contribution in [-0.4, -0.2) is 30.6 Å². The second-order valence-corrected chi connectivity index (χ2v) is 6.41. The third kappa shape index (κ3) is 5.68. The average Bonchev–Trinajstić information content (AvgIpc) is 2.52. The Hall–Kier alpha value is -1.55. The predicted molar refractivity (Wildman–Crippen MR) is 90.6 cm³/mol. The Bertz CT molecular complexity index is 458. The molecule has 22 heavy (non-hydrogen) atoms. The number of carbonyl (C=O) groups is 1. The number of carbonyl (C=O) groups excluding carboxylic acids is 1. The van der Waals surface area contributed by atoms with Crippen LogP contribution in [0.25, 0.3) is 0 Å². The standard InChI is InChI=1S/C18H29N3O/c1-3-10-19-18(22)20-12-16-6-8-17(9-7-16)14-21-11-4-5-15(2)13-21/h6-9,15H,3-5,10-14H2,1-2H3,(H2,19,20,22). The van der Waals surface area contributed by atoms with Gasteiger partial charge in [-0.3, -0.25) is 4.90 Å². The summed E-state index contributed by atoms with van der Waals surface area (Å²) < 4.78 is 0. The number of hydrogen-bond donors (Lipinski definition) is 2. The fourth-order valence-corrected chi connectivity index (χ4v) is 2.93. The van der Waals surface area contributed by atoms with Crippen molar-refractivity contribution in [2.45, 2.75) is 46.2 Å².